The number of benzene rings is 3. The van der Waals surface area contributed by atoms with E-state index in [9.17, 15) is 9.59 Å². The molecule has 0 saturated heterocycles. The summed E-state index contributed by atoms with van der Waals surface area (Å²) in [7, 11) is 1.62. The minimum atomic E-state index is -0.494. The largest absolute Gasteiger partial charge is 0.497 e. The topological polar surface area (TPSA) is 100 Å². The summed E-state index contributed by atoms with van der Waals surface area (Å²) in [5.41, 5.74) is 3.94. The standard InChI is InChI=1S/C25H27N3O5/c1-32-22-11-7-19(8-12-22)15-17-28(18-16-24(29)27-31)33-23-13-9-21(10-14-23)26-25(30)20-5-3-2-4-6-20/h2-14,31H,15-18H2,1H3,(H,26,30)(H,27,29). The van der Waals surface area contributed by atoms with Crippen LogP contribution in [-0.4, -0.2) is 42.3 Å². The third kappa shape index (κ3) is 7.64. The SMILES string of the molecule is COc1ccc(CCN(CCC(=O)NO)Oc2ccc(NC(=O)c3ccccc3)cc2)cc1. The zero-order valence-corrected chi connectivity index (χ0v) is 18.4. The van der Waals surface area contributed by atoms with Crippen LogP contribution in [0.4, 0.5) is 5.69 Å². The van der Waals surface area contributed by atoms with E-state index in [2.05, 4.69) is 5.32 Å². The summed E-state index contributed by atoms with van der Waals surface area (Å²) in [5.74, 6) is 0.658. The van der Waals surface area contributed by atoms with Crippen LogP contribution in [0.5, 0.6) is 11.5 Å². The molecule has 2 amide bonds. The molecule has 8 heteroatoms. The first-order valence-electron chi connectivity index (χ1n) is 10.5. The van der Waals surface area contributed by atoms with Gasteiger partial charge in [-0.1, -0.05) is 30.3 Å². The maximum atomic E-state index is 12.3. The molecule has 0 unspecified atom stereocenters. The van der Waals surface area contributed by atoms with Crippen molar-refractivity contribution in [3.8, 4) is 11.5 Å². The van der Waals surface area contributed by atoms with Gasteiger partial charge in [-0.2, -0.15) is 0 Å². The molecule has 0 fully saturated rings. The van der Waals surface area contributed by atoms with E-state index >= 15 is 0 Å². The van der Waals surface area contributed by atoms with Gasteiger partial charge in [0.05, 0.1) is 7.11 Å². The molecule has 0 aliphatic heterocycles. The Morgan fingerprint density at radius 3 is 2.18 bits per heavy atom. The summed E-state index contributed by atoms with van der Waals surface area (Å²) in [6.07, 6.45) is 0.764. The molecule has 0 aliphatic rings. The Hall–Kier alpha value is -3.88. The molecule has 3 N–H and O–H groups in total. The molecule has 3 aromatic carbocycles. The Labute approximate surface area is 192 Å². The van der Waals surface area contributed by atoms with Crippen molar-refractivity contribution in [3.05, 3.63) is 90.0 Å². The molecule has 33 heavy (non-hydrogen) atoms. The van der Waals surface area contributed by atoms with Crippen LogP contribution in [0.15, 0.2) is 78.9 Å². The van der Waals surface area contributed by atoms with Gasteiger partial charge in [-0.05, 0) is 60.5 Å². The van der Waals surface area contributed by atoms with Crippen molar-refractivity contribution in [1.82, 2.24) is 10.5 Å². The van der Waals surface area contributed by atoms with Gasteiger partial charge in [0.1, 0.15) is 11.5 Å². The highest BCUT2D eigenvalue weighted by atomic mass is 16.7. The van der Waals surface area contributed by atoms with Gasteiger partial charge < -0.3 is 14.9 Å². The highest BCUT2D eigenvalue weighted by molar-refractivity contribution is 6.04. The van der Waals surface area contributed by atoms with Crippen molar-refractivity contribution in [2.24, 2.45) is 0 Å². The number of hydroxylamine groups is 3. The van der Waals surface area contributed by atoms with E-state index in [1.54, 1.807) is 54.1 Å². The highest BCUT2D eigenvalue weighted by Gasteiger charge is 2.12. The van der Waals surface area contributed by atoms with Gasteiger partial charge in [0, 0.05) is 30.8 Å². The second-order valence-electron chi connectivity index (χ2n) is 7.25. The lowest BCUT2D eigenvalue weighted by Crippen LogP contribution is -2.34. The molecule has 0 atom stereocenters. The van der Waals surface area contributed by atoms with E-state index in [4.69, 9.17) is 14.8 Å². The minimum absolute atomic E-state index is 0.0737. The number of nitrogens with zero attached hydrogens (tertiary/aromatic N) is 1. The average Bonchev–Trinajstić information content (AvgIpc) is 2.87. The lowest BCUT2D eigenvalue weighted by molar-refractivity contribution is -0.132. The minimum Gasteiger partial charge on any atom is -0.497 e. The summed E-state index contributed by atoms with van der Waals surface area (Å²) < 4.78 is 5.18. The van der Waals surface area contributed by atoms with E-state index < -0.39 is 5.91 Å². The molecule has 3 rings (SSSR count). The normalized spacial score (nSPS) is 10.5. The number of nitrogens with one attached hydrogen (secondary N) is 2. The summed E-state index contributed by atoms with van der Waals surface area (Å²) in [5, 5.41) is 13.3. The number of methoxy groups -OCH3 is 1. The van der Waals surface area contributed by atoms with E-state index in [1.807, 2.05) is 42.5 Å². The van der Waals surface area contributed by atoms with Crippen LogP contribution in [0.3, 0.4) is 0 Å². The van der Waals surface area contributed by atoms with E-state index in [1.165, 1.54) is 0 Å². The summed E-state index contributed by atoms with van der Waals surface area (Å²) >= 11 is 0. The van der Waals surface area contributed by atoms with Gasteiger partial charge in [-0.15, -0.1) is 5.06 Å². The number of hydrogen-bond donors (Lipinski definition) is 3. The quantitative estimate of drug-likeness (QED) is 0.305. The molecule has 0 heterocycles. The summed E-state index contributed by atoms with van der Waals surface area (Å²) in [6, 6.07) is 23.7. The van der Waals surface area contributed by atoms with E-state index in [0.717, 1.165) is 11.3 Å². The van der Waals surface area contributed by atoms with Crippen LogP contribution >= 0.6 is 0 Å². The number of ether oxygens (including phenoxy) is 1. The number of carbonyl (C=O) groups excluding carboxylic acids is 2. The molecule has 0 radical (unpaired) electrons. The second kappa shape index (κ2) is 12.2. The Morgan fingerprint density at radius 2 is 1.55 bits per heavy atom. The van der Waals surface area contributed by atoms with Crippen LogP contribution in [0.1, 0.15) is 22.3 Å². The van der Waals surface area contributed by atoms with Crippen molar-refractivity contribution >= 4 is 17.5 Å². The zero-order chi connectivity index (χ0) is 23.5. The van der Waals surface area contributed by atoms with Crippen LogP contribution in [-0.2, 0) is 11.2 Å². The van der Waals surface area contributed by atoms with E-state index in [0.29, 0.717) is 30.0 Å². The fraction of sp³-hybridized carbons (Fsp3) is 0.200. The maximum absolute atomic E-state index is 12.3. The maximum Gasteiger partial charge on any atom is 0.255 e. The van der Waals surface area contributed by atoms with Gasteiger partial charge in [0.2, 0.25) is 5.91 Å². The van der Waals surface area contributed by atoms with Crippen molar-refractivity contribution in [1.29, 1.82) is 0 Å². The third-order valence-corrected chi connectivity index (χ3v) is 4.90. The number of carbonyl (C=O) groups is 2. The van der Waals surface area contributed by atoms with Crippen molar-refractivity contribution < 1.29 is 24.4 Å². The highest BCUT2D eigenvalue weighted by Crippen LogP contribution is 2.18. The molecule has 0 bridgehead atoms. The van der Waals surface area contributed by atoms with Crippen LogP contribution in [0, 0.1) is 0 Å². The van der Waals surface area contributed by atoms with Gasteiger partial charge in [0.15, 0.2) is 0 Å². The molecular weight excluding hydrogens is 422 g/mol. The third-order valence-electron chi connectivity index (χ3n) is 4.90. The van der Waals surface area contributed by atoms with Crippen LogP contribution in [0.2, 0.25) is 0 Å². The average molecular weight is 450 g/mol. The monoisotopic (exact) mass is 449 g/mol. The molecule has 0 saturated carbocycles. The van der Waals surface area contributed by atoms with Gasteiger partial charge in [-0.3, -0.25) is 14.8 Å². The fourth-order valence-electron chi connectivity index (χ4n) is 3.07. The van der Waals surface area contributed by atoms with Crippen LogP contribution < -0.4 is 20.4 Å². The first-order valence-corrected chi connectivity index (χ1v) is 10.5. The summed E-state index contributed by atoms with van der Waals surface area (Å²) in [6.45, 7) is 0.812. The Morgan fingerprint density at radius 1 is 0.879 bits per heavy atom. The fourth-order valence-corrected chi connectivity index (χ4v) is 3.07. The predicted molar refractivity (Wildman–Crippen MR) is 124 cm³/mol. The smallest absolute Gasteiger partial charge is 0.255 e. The van der Waals surface area contributed by atoms with Gasteiger partial charge >= 0.3 is 0 Å². The molecule has 0 aromatic heterocycles. The van der Waals surface area contributed by atoms with Crippen molar-refractivity contribution in [2.45, 2.75) is 12.8 Å². The van der Waals surface area contributed by atoms with E-state index in [-0.39, 0.29) is 18.9 Å². The Balaban J connectivity index is 1.60. The first-order chi connectivity index (χ1) is 16.1. The second-order valence-corrected chi connectivity index (χ2v) is 7.25. The molecule has 172 valence electrons. The van der Waals surface area contributed by atoms with Crippen molar-refractivity contribution in [2.75, 3.05) is 25.5 Å². The molecule has 3 aromatic rings. The predicted octanol–water partition coefficient (Wildman–Crippen LogP) is 3.68. The Bertz CT molecular complexity index is 1020. The van der Waals surface area contributed by atoms with Crippen molar-refractivity contribution in [3.63, 3.8) is 0 Å². The van der Waals surface area contributed by atoms with Gasteiger partial charge in [0.25, 0.3) is 5.91 Å². The molecule has 8 nitrogen and oxygen atoms in total. The lowest BCUT2D eigenvalue weighted by atomic mass is 10.1. The molecule has 0 aliphatic carbocycles. The molecule has 0 spiro atoms. The number of amides is 2. The number of hydrogen-bond acceptors (Lipinski definition) is 6. The number of rotatable bonds is 11. The Kier molecular flexibility index (Phi) is 8.81. The zero-order valence-electron chi connectivity index (χ0n) is 18.4. The van der Waals surface area contributed by atoms with Gasteiger partial charge in [-0.25, -0.2) is 5.48 Å². The molecular formula is C25H27N3O5. The lowest BCUT2D eigenvalue weighted by Gasteiger charge is -2.22. The first kappa shape index (κ1) is 23.8. The summed E-state index contributed by atoms with van der Waals surface area (Å²) in [4.78, 5) is 29.7. The number of anilines is 1. The van der Waals surface area contributed by atoms with Crippen LogP contribution in [0.25, 0.3) is 0 Å².